The van der Waals surface area contributed by atoms with Gasteiger partial charge in [-0.1, -0.05) is 12.1 Å². The van der Waals surface area contributed by atoms with E-state index < -0.39 is 5.82 Å². The number of benzene rings is 1. The monoisotopic (exact) mass is 215 g/mol. The normalized spacial score (nSPS) is 10.1. The lowest BCUT2D eigenvalue weighted by Gasteiger charge is -2.01. The molecule has 0 unspecified atom stereocenters. The maximum atomic E-state index is 12.9. The molecule has 0 atom stereocenters. The van der Waals surface area contributed by atoms with Crippen molar-refractivity contribution in [3.05, 3.63) is 65.2 Å². The third-order valence-electron chi connectivity index (χ3n) is 2.23. The van der Waals surface area contributed by atoms with E-state index in [-0.39, 0.29) is 5.78 Å². The van der Waals surface area contributed by atoms with Crippen LogP contribution in [-0.4, -0.2) is 10.8 Å². The summed E-state index contributed by atoms with van der Waals surface area (Å²) in [6.45, 7) is 1.88. The molecule has 1 heterocycles. The van der Waals surface area contributed by atoms with Crippen molar-refractivity contribution < 1.29 is 9.18 Å². The molecule has 0 bridgehead atoms. The zero-order valence-corrected chi connectivity index (χ0v) is 8.77. The van der Waals surface area contributed by atoms with Crippen molar-refractivity contribution in [3.63, 3.8) is 0 Å². The summed E-state index contributed by atoms with van der Waals surface area (Å²) in [5, 5.41) is 0. The van der Waals surface area contributed by atoms with E-state index in [1.165, 1.54) is 18.2 Å². The fourth-order valence-electron chi connectivity index (χ4n) is 1.44. The maximum absolute atomic E-state index is 12.9. The molecule has 0 fully saturated rings. The number of carbonyl (C=O) groups excluding carboxylic acids is 1. The first-order chi connectivity index (χ1) is 7.66. The highest BCUT2D eigenvalue weighted by Gasteiger charge is 2.10. The largest absolute Gasteiger partial charge is 0.287 e. The van der Waals surface area contributed by atoms with E-state index in [1.54, 1.807) is 18.3 Å². The third kappa shape index (κ3) is 2.14. The van der Waals surface area contributed by atoms with Crippen molar-refractivity contribution in [2.45, 2.75) is 6.92 Å². The molecule has 0 radical (unpaired) electrons. The fourth-order valence-corrected chi connectivity index (χ4v) is 1.44. The molecule has 3 heteroatoms. The zero-order valence-electron chi connectivity index (χ0n) is 8.77. The van der Waals surface area contributed by atoms with E-state index in [1.807, 2.05) is 13.0 Å². The van der Waals surface area contributed by atoms with Crippen molar-refractivity contribution in [2.75, 3.05) is 0 Å². The number of hydrogen-bond acceptors (Lipinski definition) is 2. The van der Waals surface area contributed by atoms with Crippen LogP contribution in [0.4, 0.5) is 4.39 Å². The van der Waals surface area contributed by atoms with E-state index in [2.05, 4.69) is 4.98 Å². The molecule has 2 nitrogen and oxygen atoms in total. The van der Waals surface area contributed by atoms with Crippen LogP contribution in [0.3, 0.4) is 0 Å². The molecular weight excluding hydrogens is 205 g/mol. The van der Waals surface area contributed by atoms with Gasteiger partial charge in [0.1, 0.15) is 11.5 Å². The van der Waals surface area contributed by atoms with Crippen molar-refractivity contribution in [1.29, 1.82) is 0 Å². The van der Waals surface area contributed by atoms with Gasteiger partial charge in [0.15, 0.2) is 0 Å². The van der Waals surface area contributed by atoms with Crippen LogP contribution in [0.1, 0.15) is 21.6 Å². The first-order valence-corrected chi connectivity index (χ1v) is 4.90. The highest BCUT2D eigenvalue weighted by molar-refractivity contribution is 6.07. The zero-order chi connectivity index (χ0) is 11.5. The molecule has 1 aromatic carbocycles. The van der Waals surface area contributed by atoms with Crippen molar-refractivity contribution in [3.8, 4) is 0 Å². The molecule has 0 N–H and O–H groups in total. The SMILES string of the molecule is Cc1ccnc(C(=O)c2cccc(F)c2)c1. The number of hydrogen-bond donors (Lipinski definition) is 0. The Morgan fingerprint density at radius 3 is 2.75 bits per heavy atom. The highest BCUT2D eigenvalue weighted by atomic mass is 19.1. The van der Waals surface area contributed by atoms with Crippen LogP contribution in [0.15, 0.2) is 42.6 Å². The lowest BCUT2D eigenvalue weighted by atomic mass is 10.1. The lowest BCUT2D eigenvalue weighted by molar-refractivity contribution is 0.103. The number of carbonyl (C=O) groups is 1. The van der Waals surface area contributed by atoms with Gasteiger partial charge in [-0.05, 0) is 36.8 Å². The minimum Gasteiger partial charge on any atom is -0.287 e. The molecule has 0 saturated heterocycles. The summed E-state index contributed by atoms with van der Waals surface area (Å²) in [4.78, 5) is 15.9. The van der Waals surface area contributed by atoms with Gasteiger partial charge in [-0.2, -0.15) is 0 Å². The molecule has 0 spiro atoms. The first-order valence-electron chi connectivity index (χ1n) is 4.90. The number of aromatic nitrogens is 1. The van der Waals surface area contributed by atoms with Gasteiger partial charge in [0, 0.05) is 11.8 Å². The van der Waals surface area contributed by atoms with Crippen LogP contribution >= 0.6 is 0 Å². The van der Waals surface area contributed by atoms with Crippen LogP contribution in [0, 0.1) is 12.7 Å². The number of aryl methyl sites for hydroxylation is 1. The molecule has 0 aliphatic rings. The maximum Gasteiger partial charge on any atom is 0.211 e. The molecule has 0 aliphatic heterocycles. The molecular formula is C13H10FNO. The molecule has 0 amide bonds. The van der Waals surface area contributed by atoms with E-state index in [0.717, 1.165) is 5.56 Å². The van der Waals surface area contributed by atoms with Gasteiger partial charge < -0.3 is 0 Å². The summed E-state index contributed by atoms with van der Waals surface area (Å²) < 4.78 is 12.9. The predicted octanol–water partition coefficient (Wildman–Crippen LogP) is 2.76. The van der Waals surface area contributed by atoms with Crippen LogP contribution in [0.5, 0.6) is 0 Å². The molecule has 1 aromatic heterocycles. The van der Waals surface area contributed by atoms with Crippen molar-refractivity contribution >= 4 is 5.78 Å². The van der Waals surface area contributed by atoms with Crippen LogP contribution in [0.2, 0.25) is 0 Å². The Kier molecular flexibility index (Phi) is 2.77. The van der Waals surface area contributed by atoms with Crippen LogP contribution < -0.4 is 0 Å². The summed E-state index contributed by atoms with van der Waals surface area (Å²) in [5.74, 6) is -0.679. The van der Waals surface area contributed by atoms with E-state index in [9.17, 15) is 9.18 Å². The second-order valence-corrected chi connectivity index (χ2v) is 3.56. The first kappa shape index (κ1) is 10.5. The summed E-state index contributed by atoms with van der Waals surface area (Å²) in [6, 6.07) is 9.11. The lowest BCUT2D eigenvalue weighted by Crippen LogP contribution is -2.04. The van der Waals surface area contributed by atoms with E-state index in [4.69, 9.17) is 0 Å². The smallest absolute Gasteiger partial charge is 0.211 e. The van der Waals surface area contributed by atoms with E-state index >= 15 is 0 Å². The van der Waals surface area contributed by atoms with Crippen molar-refractivity contribution in [1.82, 2.24) is 4.98 Å². The Labute approximate surface area is 92.8 Å². The Morgan fingerprint density at radius 1 is 1.25 bits per heavy atom. The Balaban J connectivity index is 2.39. The van der Waals surface area contributed by atoms with Crippen LogP contribution in [-0.2, 0) is 0 Å². The van der Waals surface area contributed by atoms with Crippen LogP contribution in [0.25, 0.3) is 0 Å². The number of nitrogens with zero attached hydrogens (tertiary/aromatic N) is 1. The molecule has 0 aliphatic carbocycles. The Bertz CT molecular complexity index is 489. The number of rotatable bonds is 2. The Morgan fingerprint density at radius 2 is 2.06 bits per heavy atom. The fraction of sp³-hybridized carbons (Fsp3) is 0.0769. The van der Waals surface area contributed by atoms with Gasteiger partial charge in [-0.3, -0.25) is 9.78 Å². The molecule has 80 valence electrons. The molecule has 0 saturated carbocycles. The van der Waals surface area contributed by atoms with Crippen molar-refractivity contribution in [2.24, 2.45) is 0 Å². The van der Waals surface area contributed by atoms with Gasteiger partial charge >= 0.3 is 0 Å². The average molecular weight is 215 g/mol. The highest BCUT2D eigenvalue weighted by Crippen LogP contribution is 2.10. The van der Waals surface area contributed by atoms with Gasteiger partial charge in [0.25, 0.3) is 0 Å². The summed E-state index contributed by atoms with van der Waals surface area (Å²) in [7, 11) is 0. The number of pyridine rings is 1. The Hall–Kier alpha value is -2.03. The standard InChI is InChI=1S/C13H10FNO/c1-9-5-6-15-12(7-9)13(16)10-3-2-4-11(14)8-10/h2-8H,1H3. The summed E-state index contributed by atoms with van der Waals surface area (Å²) in [6.07, 6.45) is 1.57. The third-order valence-corrected chi connectivity index (χ3v) is 2.23. The predicted molar refractivity (Wildman–Crippen MR) is 58.8 cm³/mol. The summed E-state index contributed by atoms with van der Waals surface area (Å²) in [5.41, 5.74) is 1.61. The minimum atomic E-state index is -0.418. The number of ketones is 1. The molecule has 16 heavy (non-hydrogen) atoms. The quantitative estimate of drug-likeness (QED) is 0.721. The van der Waals surface area contributed by atoms with Gasteiger partial charge in [0.2, 0.25) is 5.78 Å². The second-order valence-electron chi connectivity index (χ2n) is 3.56. The minimum absolute atomic E-state index is 0.261. The summed E-state index contributed by atoms with van der Waals surface area (Å²) >= 11 is 0. The number of halogens is 1. The van der Waals surface area contributed by atoms with E-state index in [0.29, 0.717) is 11.3 Å². The average Bonchev–Trinajstić information content (AvgIpc) is 2.28. The van der Waals surface area contributed by atoms with Gasteiger partial charge in [-0.25, -0.2) is 4.39 Å². The van der Waals surface area contributed by atoms with Gasteiger partial charge in [-0.15, -0.1) is 0 Å². The molecule has 2 rings (SSSR count). The second kappa shape index (κ2) is 4.23. The topological polar surface area (TPSA) is 30.0 Å². The van der Waals surface area contributed by atoms with Gasteiger partial charge in [0.05, 0.1) is 0 Å². The molecule has 2 aromatic rings.